The Bertz CT molecular complexity index is 2220. The van der Waals surface area contributed by atoms with Crippen molar-refractivity contribution in [1.82, 2.24) is 40.0 Å². The molecule has 13 heteroatoms. The summed E-state index contributed by atoms with van der Waals surface area (Å²) in [6.45, 7) is 5.25. The zero-order valence-corrected chi connectivity index (χ0v) is 28.6. The third kappa shape index (κ3) is 4.71. The van der Waals surface area contributed by atoms with Gasteiger partial charge in [0.05, 0.1) is 39.8 Å². The van der Waals surface area contributed by atoms with Gasteiger partial charge in [-0.05, 0) is 86.1 Å². The quantitative estimate of drug-likeness (QED) is 0.198. The minimum atomic E-state index is -0.482. The Morgan fingerprint density at radius 1 is 1.16 bits per heavy atom. The fourth-order valence-electron chi connectivity index (χ4n) is 8.75. The first kappa shape index (κ1) is 30.9. The molecule has 2 aliphatic carbocycles. The number of rotatable bonds is 7. The molecule has 0 radical (unpaired) electrons. The standard InChI is InChI=1S/C36H34Cl2FN9O/c1-17-24-14-29(28-13-22(48-18(2)43-44-45-48)16-46(28)36(49)19-8-9-19)47(34-21-12-27(34)41-15-21)35(24)25-11-20(5-4-10-40)30(32(39)33(25)42-17)23-6-3-7-26(37)31(23)38/h3,6-7,11,14,19,21-22,27-28,34,41H,4-5,8-9,12-13,15-16H2,1-2H3/t21-,22+,27-,28-,34+/m1/s1. The maximum Gasteiger partial charge on any atom is 0.226 e. The molecule has 250 valence electrons. The lowest BCUT2D eigenvalue weighted by molar-refractivity contribution is -0.133. The molecule has 2 saturated carbocycles. The van der Waals surface area contributed by atoms with E-state index in [0.717, 1.165) is 42.4 Å². The average Bonchev–Trinajstić information content (AvgIpc) is 3.53. The Morgan fingerprint density at radius 2 is 2.00 bits per heavy atom. The molecular formula is C36H34Cl2FN9O. The van der Waals surface area contributed by atoms with E-state index in [1.54, 1.807) is 18.2 Å². The zero-order valence-electron chi connectivity index (χ0n) is 27.1. The summed E-state index contributed by atoms with van der Waals surface area (Å²) in [5.74, 6) is 0.880. The predicted octanol–water partition coefficient (Wildman–Crippen LogP) is 6.82. The van der Waals surface area contributed by atoms with E-state index in [0.29, 0.717) is 63.9 Å². The van der Waals surface area contributed by atoms with Crippen LogP contribution in [0.2, 0.25) is 10.0 Å². The van der Waals surface area contributed by atoms with Crippen molar-refractivity contribution in [2.24, 2.45) is 11.8 Å². The largest absolute Gasteiger partial charge is 0.337 e. The van der Waals surface area contributed by atoms with E-state index in [-0.39, 0.29) is 53.0 Å². The van der Waals surface area contributed by atoms with Gasteiger partial charge in [-0.3, -0.25) is 4.79 Å². The maximum atomic E-state index is 17.1. The topological polar surface area (TPSA) is 118 Å². The van der Waals surface area contributed by atoms with Crippen molar-refractivity contribution in [2.45, 2.75) is 76.5 Å². The minimum absolute atomic E-state index is 0.0494. The molecule has 5 fully saturated rings. The molecule has 10 rings (SSSR count). The summed E-state index contributed by atoms with van der Waals surface area (Å²) in [6.07, 6.45) is 4.10. The smallest absolute Gasteiger partial charge is 0.226 e. The highest BCUT2D eigenvalue weighted by atomic mass is 35.5. The molecule has 5 aromatic rings. The van der Waals surface area contributed by atoms with Crippen LogP contribution in [0.15, 0.2) is 30.3 Å². The highest BCUT2D eigenvalue weighted by molar-refractivity contribution is 6.43. The Hall–Kier alpha value is -4.11. The maximum absolute atomic E-state index is 17.1. The number of aromatic nitrogens is 6. The molecule has 0 spiro atoms. The summed E-state index contributed by atoms with van der Waals surface area (Å²) in [5, 5.41) is 27.8. The second kappa shape index (κ2) is 11.5. The van der Waals surface area contributed by atoms with E-state index in [1.807, 2.05) is 29.5 Å². The number of hydrogen-bond donors (Lipinski definition) is 1. The summed E-state index contributed by atoms with van der Waals surface area (Å²) in [6, 6.07) is 11.8. The molecule has 49 heavy (non-hydrogen) atoms. The van der Waals surface area contributed by atoms with E-state index >= 15 is 4.39 Å². The van der Waals surface area contributed by atoms with Gasteiger partial charge in [0.25, 0.3) is 0 Å². The minimum Gasteiger partial charge on any atom is -0.337 e. The number of nitriles is 1. The Balaban J connectivity index is 1.30. The summed E-state index contributed by atoms with van der Waals surface area (Å²) in [5.41, 5.74) is 4.39. The summed E-state index contributed by atoms with van der Waals surface area (Å²) >= 11 is 13.1. The molecule has 3 saturated heterocycles. The van der Waals surface area contributed by atoms with Gasteiger partial charge in [-0.1, -0.05) is 35.3 Å². The predicted molar refractivity (Wildman–Crippen MR) is 184 cm³/mol. The number of nitrogens with zero attached hydrogens (tertiary/aromatic N) is 8. The van der Waals surface area contributed by atoms with Crippen LogP contribution in [0.25, 0.3) is 32.9 Å². The van der Waals surface area contributed by atoms with E-state index in [9.17, 15) is 10.1 Å². The van der Waals surface area contributed by atoms with Crippen LogP contribution in [0.1, 0.15) is 73.0 Å². The number of carbonyl (C=O) groups is 1. The average molecular weight is 699 g/mol. The van der Waals surface area contributed by atoms with Gasteiger partial charge in [-0.15, -0.1) is 5.10 Å². The second-order valence-electron chi connectivity index (χ2n) is 14.1. The highest BCUT2D eigenvalue weighted by Gasteiger charge is 2.51. The molecule has 0 unspecified atom stereocenters. The number of fused-ring (bicyclic) bond motifs is 4. The molecule has 3 aliphatic heterocycles. The third-order valence-electron chi connectivity index (χ3n) is 11.3. The van der Waals surface area contributed by atoms with Gasteiger partial charge in [0.1, 0.15) is 11.3 Å². The Kier molecular flexibility index (Phi) is 7.24. The van der Waals surface area contributed by atoms with Crippen molar-refractivity contribution in [2.75, 3.05) is 13.1 Å². The van der Waals surface area contributed by atoms with Crippen molar-refractivity contribution in [1.29, 1.82) is 5.26 Å². The number of likely N-dealkylation sites (tertiary alicyclic amines) is 1. The molecule has 6 heterocycles. The van der Waals surface area contributed by atoms with Crippen LogP contribution in [-0.2, 0) is 11.2 Å². The van der Waals surface area contributed by atoms with Crippen LogP contribution >= 0.6 is 23.2 Å². The number of benzene rings is 2. The molecule has 2 aromatic carbocycles. The van der Waals surface area contributed by atoms with Gasteiger partial charge in [-0.2, -0.15) is 5.26 Å². The number of tetrazole rings is 1. The van der Waals surface area contributed by atoms with Crippen LogP contribution in [0, 0.1) is 42.8 Å². The second-order valence-corrected chi connectivity index (χ2v) is 14.9. The third-order valence-corrected chi connectivity index (χ3v) is 12.1. The monoisotopic (exact) mass is 697 g/mol. The summed E-state index contributed by atoms with van der Waals surface area (Å²) in [4.78, 5) is 20.9. The first-order valence-corrected chi connectivity index (χ1v) is 17.8. The van der Waals surface area contributed by atoms with E-state index in [1.165, 1.54) is 0 Å². The molecule has 2 bridgehead atoms. The van der Waals surface area contributed by atoms with Crippen LogP contribution in [0.5, 0.6) is 0 Å². The number of carbonyl (C=O) groups excluding carboxylic acids is 1. The highest BCUT2D eigenvalue weighted by Crippen LogP contribution is 2.52. The van der Waals surface area contributed by atoms with Crippen molar-refractivity contribution in [3.05, 3.63) is 69.0 Å². The van der Waals surface area contributed by atoms with Crippen molar-refractivity contribution in [3.63, 3.8) is 0 Å². The molecule has 5 atom stereocenters. The number of amides is 1. The van der Waals surface area contributed by atoms with Crippen LogP contribution in [0.3, 0.4) is 0 Å². The molecule has 5 aliphatic rings. The van der Waals surface area contributed by atoms with Gasteiger partial charge < -0.3 is 14.8 Å². The van der Waals surface area contributed by atoms with Crippen molar-refractivity contribution in [3.8, 4) is 17.2 Å². The SMILES string of the molecule is Cc1nc2c(F)c(-c3cccc(Cl)c3Cl)c(CCC#N)cc2c2c1cc([C@H]1C[C@H](n3nnnc3C)CN1C(=O)C1CC1)n2[C@H]1[C@H]2CN[C@@H]1C2. The normalized spacial score (nSPS) is 24.6. The lowest BCUT2D eigenvalue weighted by Gasteiger charge is -2.39. The number of hydrogen-bond acceptors (Lipinski definition) is 7. The lowest BCUT2D eigenvalue weighted by atomic mass is 9.79. The van der Waals surface area contributed by atoms with E-state index in [4.69, 9.17) is 28.2 Å². The zero-order chi connectivity index (χ0) is 33.7. The van der Waals surface area contributed by atoms with Crippen LogP contribution < -0.4 is 5.32 Å². The number of pyridine rings is 1. The number of aryl methyl sites for hydroxylation is 3. The van der Waals surface area contributed by atoms with E-state index in [2.05, 4.69) is 37.5 Å². The Morgan fingerprint density at radius 3 is 2.69 bits per heavy atom. The van der Waals surface area contributed by atoms with Gasteiger partial charge in [-0.25, -0.2) is 14.1 Å². The number of halogens is 3. The van der Waals surface area contributed by atoms with Gasteiger partial charge in [0, 0.05) is 64.8 Å². The number of nitrogens with one attached hydrogen (secondary N) is 1. The lowest BCUT2D eigenvalue weighted by Crippen LogP contribution is -2.41. The van der Waals surface area contributed by atoms with Crippen LogP contribution in [-0.4, -0.2) is 59.7 Å². The molecule has 3 aromatic heterocycles. The first-order chi connectivity index (χ1) is 23.7. The summed E-state index contributed by atoms with van der Waals surface area (Å²) < 4.78 is 21.4. The summed E-state index contributed by atoms with van der Waals surface area (Å²) in [7, 11) is 0. The first-order valence-electron chi connectivity index (χ1n) is 17.0. The van der Waals surface area contributed by atoms with Crippen molar-refractivity contribution < 1.29 is 9.18 Å². The van der Waals surface area contributed by atoms with Gasteiger partial charge in [0.2, 0.25) is 5.91 Å². The van der Waals surface area contributed by atoms with E-state index < -0.39 is 5.82 Å². The van der Waals surface area contributed by atoms with Crippen molar-refractivity contribution >= 4 is 50.9 Å². The van der Waals surface area contributed by atoms with Gasteiger partial charge >= 0.3 is 0 Å². The van der Waals surface area contributed by atoms with Crippen LogP contribution in [0.4, 0.5) is 4.39 Å². The molecule has 10 nitrogen and oxygen atoms in total. The fourth-order valence-corrected chi connectivity index (χ4v) is 9.15. The Labute approximate surface area is 292 Å². The molecular weight excluding hydrogens is 664 g/mol. The van der Waals surface area contributed by atoms with Gasteiger partial charge in [0.15, 0.2) is 5.82 Å². The fraction of sp³-hybridized carbons (Fsp3) is 0.444. The molecule has 1 N–H and O–H groups in total. The molecule has 1 amide bonds.